The zero-order valence-electron chi connectivity index (χ0n) is 16.7. The average Bonchev–Trinajstić information content (AvgIpc) is 3.17. The number of likely N-dealkylation sites (tertiary alicyclic amines) is 1. The molecular weight excluding hydrogens is 358 g/mol. The first kappa shape index (κ1) is 18.6. The summed E-state index contributed by atoms with van der Waals surface area (Å²) in [5.41, 5.74) is 0.586. The van der Waals surface area contributed by atoms with Crippen molar-refractivity contribution in [2.45, 2.75) is 58.0 Å². The van der Waals surface area contributed by atoms with Gasteiger partial charge in [0, 0.05) is 17.0 Å². The standard InChI is InChI=1S/C20H29N5OS/c1-13-11-21-19(27-13)16-10-20(2,3)25-18(23-16)15(12-22-25)17(26)14-6-5-8-24(4)9-7-14/h11-12,14,16,23H,5-10H2,1-4H3. The monoisotopic (exact) mass is 387 g/mol. The molecule has 2 unspecified atom stereocenters. The summed E-state index contributed by atoms with van der Waals surface area (Å²) in [6, 6.07) is 0.120. The Labute approximate surface area is 165 Å². The normalized spacial score (nSPS) is 25.5. The third-order valence-corrected chi connectivity index (χ3v) is 6.91. The van der Waals surface area contributed by atoms with Crippen molar-refractivity contribution in [3.63, 3.8) is 0 Å². The Balaban J connectivity index is 1.64. The zero-order chi connectivity index (χ0) is 19.2. The summed E-state index contributed by atoms with van der Waals surface area (Å²) >= 11 is 1.72. The fraction of sp³-hybridized carbons (Fsp3) is 0.650. The highest BCUT2D eigenvalue weighted by Crippen LogP contribution is 2.41. The van der Waals surface area contributed by atoms with Gasteiger partial charge in [-0.25, -0.2) is 9.67 Å². The Hall–Kier alpha value is -1.73. The Kier molecular flexibility index (Phi) is 4.84. The summed E-state index contributed by atoms with van der Waals surface area (Å²) in [5, 5.41) is 9.28. The number of carbonyl (C=O) groups is 1. The minimum Gasteiger partial charge on any atom is -0.360 e. The topological polar surface area (TPSA) is 63.1 Å². The third-order valence-electron chi connectivity index (χ3n) is 5.88. The fourth-order valence-corrected chi connectivity index (χ4v) is 5.16. The van der Waals surface area contributed by atoms with Crippen LogP contribution in [0, 0.1) is 12.8 Å². The van der Waals surface area contributed by atoms with E-state index >= 15 is 0 Å². The van der Waals surface area contributed by atoms with Crippen LogP contribution in [-0.2, 0) is 5.54 Å². The molecule has 27 heavy (non-hydrogen) atoms. The van der Waals surface area contributed by atoms with Crippen LogP contribution in [0.2, 0.25) is 0 Å². The van der Waals surface area contributed by atoms with E-state index in [1.807, 2.05) is 10.9 Å². The number of hydrogen-bond donors (Lipinski definition) is 1. The van der Waals surface area contributed by atoms with Crippen LogP contribution in [0.4, 0.5) is 5.82 Å². The van der Waals surface area contributed by atoms with Crippen molar-refractivity contribution >= 4 is 22.9 Å². The van der Waals surface area contributed by atoms with Gasteiger partial charge in [-0.3, -0.25) is 4.79 Å². The van der Waals surface area contributed by atoms with Crippen LogP contribution in [0.5, 0.6) is 0 Å². The lowest BCUT2D eigenvalue weighted by Crippen LogP contribution is -2.38. The van der Waals surface area contributed by atoms with Gasteiger partial charge in [-0.05, 0) is 66.6 Å². The molecule has 146 valence electrons. The number of aromatic nitrogens is 3. The van der Waals surface area contributed by atoms with E-state index in [2.05, 4.69) is 48.1 Å². The highest BCUT2D eigenvalue weighted by atomic mass is 32.1. The number of thiazole rings is 1. The summed E-state index contributed by atoms with van der Waals surface area (Å²) in [4.78, 5) is 21.4. The molecule has 0 aromatic carbocycles. The summed E-state index contributed by atoms with van der Waals surface area (Å²) in [5.74, 6) is 1.20. The lowest BCUT2D eigenvalue weighted by Gasteiger charge is -2.37. The van der Waals surface area contributed by atoms with Gasteiger partial charge in [0.15, 0.2) is 5.78 Å². The SMILES string of the molecule is Cc1cnc(C2CC(C)(C)n3ncc(C(=O)C4CCCN(C)CC4)c3N2)s1. The molecule has 2 aliphatic heterocycles. The molecule has 1 fully saturated rings. The zero-order valence-corrected chi connectivity index (χ0v) is 17.5. The second kappa shape index (κ2) is 7.02. The van der Waals surface area contributed by atoms with Crippen molar-refractivity contribution in [2.24, 2.45) is 5.92 Å². The van der Waals surface area contributed by atoms with E-state index in [4.69, 9.17) is 0 Å². The number of nitrogens with one attached hydrogen (secondary N) is 1. The Morgan fingerprint density at radius 2 is 2.11 bits per heavy atom. The number of nitrogens with zero attached hydrogens (tertiary/aromatic N) is 4. The van der Waals surface area contributed by atoms with E-state index in [-0.39, 0.29) is 23.3 Å². The number of fused-ring (bicyclic) bond motifs is 1. The smallest absolute Gasteiger partial charge is 0.171 e. The summed E-state index contributed by atoms with van der Waals surface area (Å²) in [6.07, 6.45) is 7.57. The molecule has 4 heterocycles. The maximum absolute atomic E-state index is 13.3. The molecule has 0 radical (unpaired) electrons. The number of aryl methyl sites for hydroxylation is 1. The van der Waals surface area contributed by atoms with Crippen LogP contribution in [0.3, 0.4) is 0 Å². The molecule has 2 aromatic rings. The molecule has 2 aliphatic rings. The number of rotatable bonds is 3. The number of carbonyl (C=O) groups excluding carboxylic acids is 1. The van der Waals surface area contributed by atoms with Gasteiger partial charge in [-0.1, -0.05) is 0 Å². The number of hydrogen-bond acceptors (Lipinski definition) is 6. The molecule has 0 amide bonds. The third kappa shape index (κ3) is 3.55. The fourth-order valence-electron chi connectivity index (χ4n) is 4.33. The molecule has 6 nitrogen and oxygen atoms in total. The van der Waals surface area contributed by atoms with Crippen molar-refractivity contribution in [3.8, 4) is 0 Å². The summed E-state index contributed by atoms with van der Waals surface area (Å²) in [6.45, 7) is 8.52. The average molecular weight is 388 g/mol. The molecule has 7 heteroatoms. The lowest BCUT2D eigenvalue weighted by molar-refractivity contribution is 0.0908. The molecule has 1 saturated heterocycles. The van der Waals surface area contributed by atoms with Gasteiger partial charge in [0.2, 0.25) is 0 Å². The summed E-state index contributed by atoms with van der Waals surface area (Å²) in [7, 11) is 2.14. The van der Waals surface area contributed by atoms with Gasteiger partial charge in [0.05, 0.1) is 23.3 Å². The first-order valence-corrected chi connectivity index (χ1v) is 10.7. The number of anilines is 1. The predicted molar refractivity (Wildman–Crippen MR) is 109 cm³/mol. The van der Waals surface area contributed by atoms with E-state index in [1.165, 1.54) is 4.88 Å². The minimum atomic E-state index is -0.160. The van der Waals surface area contributed by atoms with Crippen molar-refractivity contribution in [3.05, 3.63) is 27.8 Å². The highest BCUT2D eigenvalue weighted by Gasteiger charge is 2.38. The molecule has 0 spiro atoms. The Morgan fingerprint density at radius 1 is 1.30 bits per heavy atom. The van der Waals surface area contributed by atoms with Gasteiger partial charge >= 0.3 is 0 Å². The van der Waals surface area contributed by atoms with E-state index in [1.54, 1.807) is 17.5 Å². The Bertz CT molecular complexity index is 839. The predicted octanol–water partition coefficient (Wildman–Crippen LogP) is 3.85. The first-order valence-electron chi connectivity index (χ1n) is 9.85. The number of Topliss-reactive ketones (excluding diaryl/α,β-unsaturated/α-hetero) is 1. The molecular formula is C20H29N5OS. The van der Waals surface area contributed by atoms with Gasteiger partial charge in [-0.2, -0.15) is 5.10 Å². The second-order valence-electron chi connectivity index (χ2n) is 8.64. The lowest BCUT2D eigenvalue weighted by atomic mass is 9.90. The quantitative estimate of drug-likeness (QED) is 0.811. The van der Waals surface area contributed by atoms with Crippen molar-refractivity contribution < 1.29 is 4.79 Å². The van der Waals surface area contributed by atoms with Crippen LogP contribution in [0.1, 0.15) is 65.8 Å². The first-order chi connectivity index (χ1) is 12.8. The van der Waals surface area contributed by atoms with Crippen LogP contribution in [-0.4, -0.2) is 45.6 Å². The second-order valence-corrected chi connectivity index (χ2v) is 9.90. The molecule has 4 rings (SSSR count). The number of ketones is 1. The summed E-state index contributed by atoms with van der Waals surface area (Å²) < 4.78 is 2.00. The van der Waals surface area contributed by atoms with E-state index in [0.29, 0.717) is 0 Å². The molecule has 0 bridgehead atoms. The van der Waals surface area contributed by atoms with Crippen LogP contribution < -0.4 is 5.32 Å². The largest absolute Gasteiger partial charge is 0.360 e. The maximum atomic E-state index is 13.3. The van der Waals surface area contributed by atoms with Crippen LogP contribution >= 0.6 is 11.3 Å². The Morgan fingerprint density at radius 3 is 2.85 bits per heavy atom. The van der Waals surface area contributed by atoms with E-state index in [0.717, 1.165) is 55.2 Å². The van der Waals surface area contributed by atoms with E-state index < -0.39 is 0 Å². The van der Waals surface area contributed by atoms with Gasteiger partial charge in [0.25, 0.3) is 0 Å². The van der Waals surface area contributed by atoms with Crippen molar-refractivity contribution in [1.82, 2.24) is 19.7 Å². The highest BCUT2D eigenvalue weighted by molar-refractivity contribution is 7.11. The molecule has 0 aliphatic carbocycles. The van der Waals surface area contributed by atoms with Gasteiger partial charge in [0.1, 0.15) is 10.8 Å². The maximum Gasteiger partial charge on any atom is 0.171 e. The van der Waals surface area contributed by atoms with Crippen molar-refractivity contribution in [1.29, 1.82) is 0 Å². The molecule has 2 aromatic heterocycles. The van der Waals surface area contributed by atoms with E-state index in [9.17, 15) is 4.79 Å². The molecule has 2 atom stereocenters. The van der Waals surface area contributed by atoms with Crippen LogP contribution in [0.15, 0.2) is 12.4 Å². The van der Waals surface area contributed by atoms with Crippen molar-refractivity contribution in [2.75, 3.05) is 25.5 Å². The minimum absolute atomic E-state index is 0.0937. The van der Waals surface area contributed by atoms with Crippen LogP contribution in [0.25, 0.3) is 0 Å². The van der Waals surface area contributed by atoms with Gasteiger partial charge < -0.3 is 10.2 Å². The molecule has 1 N–H and O–H groups in total. The molecule has 0 saturated carbocycles. The van der Waals surface area contributed by atoms with Gasteiger partial charge in [-0.15, -0.1) is 11.3 Å².